The van der Waals surface area contributed by atoms with E-state index in [2.05, 4.69) is 0 Å². The van der Waals surface area contributed by atoms with Crippen molar-refractivity contribution in [3.8, 4) is 0 Å². The van der Waals surface area contributed by atoms with Gasteiger partial charge in [0, 0.05) is 24.4 Å². The van der Waals surface area contributed by atoms with Gasteiger partial charge in [-0.15, -0.1) is 0 Å². The van der Waals surface area contributed by atoms with Gasteiger partial charge in [-0.3, -0.25) is 9.59 Å². The van der Waals surface area contributed by atoms with Crippen LogP contribution in [0, 0.1) is 0 Å². The molecule has 0 N–H and O–H groups in total. The van der Waals surface area contributed by atoms with E-state index in [-0.39, 0.29) is 41.5 Å². The van der Waals surface area contributed by atoms with Crippen LogP contribution < -0.4 is 0 Å². The molecule has 0 unspecified atom stereocenters. The molecule has 0 spiro atoms. The minimum Gasteiger partial charge on any atom is -0.534 e. The van der Waals surface area contributed by atoms with Crippen molar-refractivity contribution in [3.05, 3.63) is 0 Å². The van der Waals surface area contributed by atoms with E-state index in [0.29, 0.717) is 0 Å². The Kier molecular flexibility index (Phi) is 15.5. The molecule has 7 heteroatoms. The Hall–Kier alpha value is -1.46. The number of Topliss-reactive ketones (excluding diaryl/α,β-unsaturated/α-hetero) is 4. The molecular weight excluding hydrogens is 280 g/mol. The molecule has 0 aliphatic rings. The summed E-state index contributed by atoms with van der Waals surface area (Å²) in [6.45, 7) is 2.49. The molecule has 97 valence electrons. The Morgan fingerprint density at radius 3 is 1.06 bits per heavy atom. The third-order valence-corrected chi connectivity index (χ3v) is 1.05. The van der Waals surface area contributed by atoms with Crippen molar-refractivity contribution in [2.24, 2.45) is 0 Å². The van der Waals surface area contributed by atoms with E-state index in [4.69, 9.17) is 0 Å². The zero-order valence-electron chi connectivity index (χ0n) is 9.17. The van der Waals surface area contributed by atoms with Gasteiger partial charge < -0.3 is 19.2 Å². The van der Waals surface area contributed by atoms with Gasteiger partial charge in [0.1, 0.15) is 11.6 Å². The maximum Gasteiger partial charge on any atom is 2.00 e. The van der Waals surface area contributed by atoms with Crippen LogP contribution in [-0.2, 0) is 45.8 Å². The predicted molar refractivity (Wildman–Crippen MR) is 52.0 cm³/mol. The molecule has 0 amide bonds. The molecule has 0 aliphatic carbocycles. The van der Waals surface area contributed by atoms with Crippen LogP contribution in [0.2, 0.25) is 0 Å². The first-order chi connectivity index (χ1) is 7.33. The minimum absolute atomic E-state index is 0. The van der Waals surface area contributed by atoms with E-state index in [1.54, 1.807) is 0 Å². The third kappa shape index (κ3) is 20.6. The van der Waals surface area contributed by atoms with Crippen LogP contribution in [0.1, 0.15) is 26.7 Å². The summed E-state index contributed by atoms with van der Waals surface area (Å²) in [5.74, 6) is -2.17. The van der Waals surface area contributed by atoms with Gasteiger partial charge in [-0.25, -0.2) is 0 Å². The maximum atomic E-state index is 10.0. The first-order valence-electron chi connectivity index (χ1n) is 4.14. The number of hydrogen-bond donors (Lipinski definition) is 0. The van der Waals surface area contributed by atoms with Gasteiger partial charge in [0.2, 0.25) is 0 Å². The van der Waals surface area contributed by atoms with Crippen LogP contribution in [-0.4, -0.2) is 35.7 Å². The molecule has 0 fully saturated rings. The van der Waals surface area contributed by atoms with Crippen molar-refractivity contribution in [1.82, 2.24) is 0 Å². The van der Waals surface area contributed by atoms with E-state index in [0.717, 1.165) is 12.6 Å². The quantitative estimate of drug-likeness (QED) is 0.277. The maximum absolute atomic E-state index is 10.0. The Morgan fingerprint density at radius 1 is 0.765 bits per heavy atom. The second-order valence-corrected chi connectivity index (χ2v) is 2.81. The van der Waals surface area contributed by atoms with E-state index in [1.165, 1.54) is 13.8 Å². The van der Waals surface area contributed by atoms with Gasteiger partial charge in [0.05, 0.1) is 0 Å². The van der Waals surface area contributed by atoms with Gasteiger partial charge in [-0.2, -0.15) is 12.6 Å². The van der Waals surface area contributed by atoms with E-state index in [1.807, 2.05) is 0 Å². The summed E-state index contributed by atoms with van der Waals surface area (Å²) >= 11 is 0. The fourth-order valence-electron chi connectivity index (χ4n) is 0.524. The van der Waals surface area contributed by atoms with Gasteiger partial charge in [0.25, 0.3) is 0 Å². The Morgan fingerprint density at radius 2 is 1.00 bits per heavy atom. The standard InChI is InChI=1S/2C5H5O3.Cu/c2*1-4(7)2-5(8)3-6;/h2*2H2,1H3;/q2*-1;+2. The summed E-state index contributed by atoms with van der Waals surface area (Å²) in [5, 5.41) is 0. The molecule has 17 heavy (non-hydrogen) atoms. The fourth-order valence-corrected chi connectivity index (χ4v) is 0.524. The topological polar surface area (TPSA) is 102 Å². The Labute approximate surface area is 109 Å². The van der Waals surface area contributed by atoms with Crippen molar-refractivity contribution >= 4 is 35.7 Å². The number of carbonyl (C=O) groups excluding carboxylic acids is 6. The first-order valence-corrected chi connectivity index (χ1v) is 4.14. The summed E-state index contributed by atoms with van der Waals surface area (Å²) in [6.07, 6.45) is 1.54. The van der Waals surface area contributed by atoms with Gasteiger partial charge >= 0.3 is 17.1 Å². The normalized spacial score (nSPS) is 7.65. The summed E-state index contributed by atoms with van der Waals surface area (Å²) in [4.78, 5) is 58.8. The van der Waals surface area contributed by atoms with Crippen LogP contribution >= 0.6 is 0 Å². The van der Waals surface area contributed by atoms with Crippen molar-refractivity contribution < 1.29 is 45.8 Å². The average Bonchev–Trinajstić information content (AvgIpc) is 2.16. The van der Waals surface area contributed by atoms with Crippen molar-refractivity contribution in [2.75, 3.05) is 0 Å². The summed E-state index contributed by atoms with van der Waals surface area (Å²) < 4.78 is 0. The molecule has 0 saturated carbocycles. The molecular formula is C10H10CuO6. The van der Waals surface area contributed by atoms with Gasteiger partial charge in [0.15, 0.2) is 0 Å². The Balaban J connectivity index is -0.000000218. The molecule has 0 rings (SSSR count). The first kappa shape index (κ1) is 20.9. The third-order valence-electron chi connectivity index (χ3n) is 1.05. The van der Waals surface area contributed by atoms with Crippen LogP contribution in [0.15, 0.2) is 0 Å². The van der Waals surface area contributed by atoms with Gasteiger partial charge in [-0.05, 0) is 13.8 Å². The second-order valence-electron chi connectivity index (χ2n) is 2.81. The average molecular weight is 290 g/mol. The SMILES string of the molecule is CC(=O)CC(=O)[C-]=O.CC(=O)CC(=O)[C-]=O.[Cu+2]. The zero-order valence-corrected chi connectivity index (χ0v) is 10.1. The van der Waals surface area contributed by atoms with E-state index < -0.39 is 11.6 Å². The number of carbonyl (C=O) groups is 4. The molecule has 0 aromatic heterocycles. The van der Waals surface area contributed by atoms with Crippen molar-refractivity contribution in [1.29, 1.82) is 0 Å². The molecule has 0 atom stereocenters. The molecule has 6 nitrogen and oxygen atoms in total. The molecule has 0 heterocycles. The van der Waals surface area contributed by atoms with E-state index in [9.17, 15) is 28.8 Å². The number of hydrogen-bond acceptors (Lipinski definition) is 6. The minimum atomic E-state index is -0.780. The number of ketones is 4. The molecule has 0 aliphatic heterocycles. The van der Waals surface area contributed by atoms with Crippen molar-refractivity contribution in [3.63, 3.8) is 0 Å². The zero-order chi connectivity index (χ0) is 13.1. The largest absolute Gasteiger partial charge is 2.00 e. The number of rotatable bonds is 6. The molecule has 0 aromatic carbocycles. The smallest absolute Gasteiger partial charge is 0.534 e. The fraction of sp³-hybridized carbons (Fsp3) is 0.400. The predicted octanol–water partition coefficient (Wildman–Crippen LogP) is -0.714. The van der Waals surface area contributed by atoms with Crippen molar-refractivity contribution in [2.45, 2.75) is 26.7 Å². The monoisotopic (exact) mass is 289 g/mol. The molecule has 0 bridgehead atoms. The Bertz CT molecular complexity index is 289. The van der Waals surface area contributed by atoms with E-state index >= 15 is 0 Å². The van der Waals surface area contributed by atoms with Gasteiger partial charge in [-0.1, -0.05) is 0 Å². The van der Waals surface area contributed by atoms with Crippen LogP contribution in [0.3, 0.4) is 0 Å². The summed E-state index contributed by atoms with van der Waals surface area (Å²) in [7, 11) is 0. The molecule has 0 aromatic rings. The van der Waals surface area contributed by atoms with Crippen LogP contribution in [0.4, 0.5) is 0 Å². The van der Waals surface area contributed by atoms with Crippen LogP contribution in [0.25, 0.3) is 0 Å². The molecule has 1 radical (unpaired) electrons. The summed E-state index contributed by atoms with van der Waals surface area (Å²) in [5.41, 5.74) is 0. The summed E-state index contributed by atoms with van der Waals surface area (Å²) in [6, 6.07) is 0. The van der Waals surface area contributed by atoms with Crippen LogP contribution in [0.5, 0.6) is 0 Å². The second kappa shape index (κ2) is 12.6. The molecule has 0 saturated heterocycles.